The van der Waals surface area contributed by atoms with E-state index in [0.29, 0.717) is 35.5 Å². The number of hydrogen-bond donors (Lipinski definition) is 1. The fraction of sp³-hybridized carbons (Fsp3) is 0.600. The first-order valence-electron chi connectivity index (χ1n) is 7.21. The highest BCUT2D eigenvalue weighted by Crippen LogP contribution is 2.30. The van der Waals surface area contributed by atoms with Crippen molar-refractivity contribution in [3.05, 3.63) is 17.8 Å². The number of anilines is 2. The van der Waals surface area contributed by atoms with Crippen LogP contribution in [0.2, 0.25) is 0 Å². The van der Waals surface area contributed by atoms with Crippen molar-refractivity contribution in [3.63, 3.8) is 0 Å². The fourth-order valence-corrected chi connectivity index (χ4v) is 2.56. The molecule has 2 N–H and O–H groups in total. The molecule has 20 heavy (non-hydrogen) atoms. The van der Waals surface area contributed by atoms with Crippen LogP contribution in [0.25, 0.3) is 0 Å². The van der Waals surface area contributed by atoms with Gasteiger partial charge in [0.05, 0.1) is 17.9 Å². The number of carbonyl (C=O) groups excluding carboxylic acids is 1. The van der Waals surface area contributed by atoms with E-state index in [0.717, 1.165) is 19.5 Å². The molecule has 0 aliphatic carbocycles. The van der Waals surface area contributed by atoms with E-state index in [9.17, 15) is 4.79 Å². The van der Waals surface area contributed by atoms with Gasteiger partial charge in [0.15, 0.2) is 5.82 Å². The number of carbonyl (C=O) groups is 1. The van der Waals surface area contributed by atoms with Crippen molar-refractivity contribution < 1.29 is 9.53 Å². The third kappa shape index (κ3) is 2.86. The Balaban J connectivity index is 2.25. The summed E-state index contributed by atoms with van der Waals surface area (Å²) in [7, 11) is 0. The van der Waals surface area contributed by atoms with Crippen molar-refractivity contribution in [3.8, 4) is 0 Å². The Morgan fingerprint density at radius 3 is 2.90 bits per heavy atom. The van der Waals surface area contributed by atoms with Crippen LogP contribution in [0.1, 0.15) is 37.6 Å². The summed E-state index contributed by atoms with van der Waals surface area (Å²) < 4.78 is 5.02. The molecule has 1 aromatic rings. The summed E-state index contributed by atoms with van der Waals surface area (Å²) in [6.45, 7) is 8.48. The molecule has 110 valence electrons. The molecular weight excluding hydrogens is 254 g/mol. The lowest BCUT2D eigenvalue weighted by molar-refractivity contribution is 0.0527. The molecule has 2 atom stereocenters. The molecular formula is C15H23N3O2. The van der Waals surface area contributed by atoms with E-state index in [-0.39, 0.29) is 5.97 Å². The highest BCUT2D eigenvalue weighted by molar-refractivity contribution is 5.97. The van der Waals surface area contributed by atoms with Crippen LogP contribution in [0.4, 0.5) is 11.5 Å². The largest absolute Gasteiger partial charge is 0.462 e. The number of pyridine rings is 1. The van der Waals surface area contributed by atoms with Crippen molar-refractivity contribution in [2.24, 2.45) is 11.8 Å². The Morgan fingerprint density at radius 2 is 2.25 bits per heavy atom. The van der Waals surface area contributed by atoms with Crippen LogP contribution in [-0.4, -0.2) is 30.6 Å². The summed E-state index contributed by atoms with van der Waals surface area (Å²) in [5, 5.41) is 0. The molecule has 0 amide bonds. The monoisotopic (exact) mass is 277 g/mol. The van der Waals surface area contributed by atoms with Crippen molar-refractivity contribution in [1.29, 1.82) is 0 Å². The average Bonchev–Trinajstić information content (AvgIpc) is 2.42. The van der Waals surface area contributed by atoms with Crippen LogP contribution in [0.3, 0.4) is 0 Å². The molecule has 0 bridgehead atoms. The lowest BCUT2D eigenvalue weighted by Gasteiger charge is -2.36. The molecule has 0 spiro atoms. The van der Waals surface area contributed by atoms with Crippen LogP contribution >= 0.6 is 0 Å². The SMILES string of the molecule is CCOC(=O)c1ccnc(N2CCC(C)C(C)C2)c1N. The van der Waals surface area contributed by atoms with Crippen molar-refractivity contribution in [2.75, 3.05) is 30.3 Å². The molecule has 2 heterocycles. The van der Waals surface area contributed by atoms with E-state index in [1.165, 1.54) is 0 Å². The first kappa shape index (κ1) is 14.6. The van der Waals surface area contributed by atoms with Crippen molar-refractivity contribution in [2.45, 2.75) is 27.2 Å². The molecule has 5 heteroatoms. The van der Waals surface area contributed by atoms with E-state index >= 15 is 0 Å². The second-order valence-electron chi connectivity index (χ2n) is 5.51. The van der Waals surface area contributed by atoms with E-state index in [1.54, 1.807) is 19.2 Å². The minimum atomic E-state index is -0.382. The number of aromatic nitrogens is 1. The normalized spacial score (nSPS) is 22.6. The Morgan fingerprint density at radius 1 is 1.50 bits per heavy atom. The van der Waals surface area contributed by atoms with E-state index < -0.39 is 0 Å². The summed E-state index contributed by atoms with van der Waals surface area (Å²) in [5.74, 6) is 1.62. The van der Waals surface area contributed by atoms with Gasteiger partial charge in [-0.05, 0) is 31.2 Å². The third-order valence-electron chi connectivity index (χ3n) is 4.10. The second kappa shape index (κ2) is 6.11. The van der Waals surface area contributed by atoms with Gasteiger partial charge >= 0.3 is 5.97 Å². The lowest BCUT2D eigenvalue weighted by Crippen LogP contribution is -2.39. The molecule has 0 radical (unpaired) electrons. The minimum Gasteiger partial charge on any atom is -0.462 e. The molecule has 2 rings (SSSR count). The second-order valence-corrected chi connectivity index (χ2v) is 5.51. The van der Waals surface area contributed by atoms with Crippen LogP contribution in [0, 0.1) is 11.8 Å². The maximum Gasteiger partial charge on any atom is 0.340 e. The molecule has 1 saturated heterocycles. The predicted molar refractivity (Wildman–Crippen MR) is 79.8 cm³/mol. The van der Waals surface area contributed by atoms with Crippen molar-refractivity contribution in [1.82, 2.24) is 4.98 Å². The number of hydrogen-bond acceptors (Lipinski definition) is 5. The Kier molecular flexibility index (Phi) is 4.47. The zero-order valence-electron chi connectivity index (χ0n) is 12.4. The van der Waals surface area contributed by atoms with E-state index in [2.05, 4.69) is 23.7 Å². The smallest absolute Gasteiger partial charge is 0.340 e. The molecule has 1 fully saturated rings. The highest BCUT2D eigenvalue weighted by atomic mass is 16.5. The van der Waals surface area contributed by atoms with Gasteiger partial charge in [-0.2, -0.15) is 0 Å². The molecule has 1 aromatic heterocycles. The van der Waals surface area contributed by atoms with Gasteiger partial charge in [0.2, 0.25) is 0 Å². The van der Waals surface area contributed by atoms with Gasteiger partial charge in [0.25, 0.3) is 0 Å². The predicted octanol–water partition coefficient (Wildman–Crippen LogP) is 2.32. The summed E-state index contributed by atoms with van der Waals surface area (Å²) in [6, 6.07) is 1.62. The first-order chi connectivity index (χ1) is 9.54. The summed E-state index contributed by atoms with van der Waals surface area (Å²) >= 11 is 0. The van der Waals surface area contributed by atoms with Crippen LogP contribution in [0.5, 0.6) is 0 Å². The molecule has 1 aliphatic heterocycles. The zero-order chi connectivity index (χ0) is 14.7. The zero-order valence-corrected chi connectivity index (χ0v) is 12.4. The molecule has 0 saturated carbocycles. The molecule has 5 nitrogen and oxygen atoms in total. The average molecular weight is 277 g/mol. The lowest BCUT2D eigenvalue weighted by atomic mass is 9.88. The maximum atomic E-state index is 11.9. The standard InChI is InChI=1S/C15H23N3O2/c1-4-20-15(19)12-5-7-17-14(13(12)16)18-8-6-10(2)11(3)9-18/h5,7,10-11H,4,6,8-9,16H2,1-3H3. The molecule has 0 aromatic carbocycles. The Bertz CT molecular complexity index is 490. The maximum absolute atomic E-state index is 11.9. The van der Waals surface area contributed by atoms with Gasteiger partial charge in [-0.1, -0.05) is 13.8 Å². The number of ether oxygens (including phenoxy) is 1. The summed E-state index contributed by atoms with van der Waals surface area (Å²) in [4.78, 5) is 18.4. The quantitative estimate of drug-likeness (QED) is 0.859. The number of rotatable bonds is 3. The van der Waals surface area contributed by atoms with Crippen molar-refractivity contribution >= 4 is 17.5 Å². The number of esters is 1. The van der Waals surface area contributed by atoms with E-state index in [4.69, 9.17) is 10.5 Å². The van der Waals surface area contributed by atoms with Gasteiger partial charge < -0.3 is 15.4 Å². The number of nitrogens with two attached hydrogens (primary N) is 1. The Hall–Kier alpha value is -1.78. The van der Waals surface area contributed by atoms with Gasteiger partial charge in [-0.25, -0.2) is 9.78 Å². The third-order valence-corrected chi connectivity index (χ3v) is 4.10. The van der Waals surface area contributed by atoms with Crippen LogP contribution < -0.4 is 10.6 Å². The number of nitrogens with zero attached hydrogens (tertiary/aromatic N) is 2. The van der Waals surface area contributed by atoms with Gasteiger partial charge in [-0.3, -0.25) is 0 Å². The summed E-state index contributed by atoms with van der Waals surface area (Å²) in [5.41, 5.74) is 6.95. The van der Waals surface area contributed by atoms with Gasteiger partial charge in [-0.15, -0.1) is 0 Å². The van der Waals surface area contributed by atoms with Crippen LogP contribution in [-0.2, 0) is 4.74 Å². The number of piperidine rings is 1. The van der Waals surface area contributed by atoms with Crippen LogP contribution in [0.15, 0.2) is 12.3 Å². The fourth-order valence-electron chi connectivity index (χ4n) is 2.56. The molecule has 1 aliphatic rings. The first-order valence-corrected chi connectivity index (χ1v) is 7.21. The van der Waals surface area contributed by atoms with Gasteiger partial charge in [0.1, 0.15) is 0 Å². The minimum absolute atomic E-state index is 0.341. The highest BCUT2D eigenvalue weighted by Gasteiger charge is 2.26. The number of nitrogen functional groups attached to an aromatic ring is 1. The molecule has 2 unspecified atom stereocenters. The topological polar surface area (TPSA) is 68.5 Å². The Labute approximate surface area is 120 Å². The van der Waals surface area contributed by atoms with E-state index in [1.807, 2.05) is 0 Å². The summed E-state index contributed by atoms with van der Waals surface area (Å²) in [6.07, 6.45) is 2.74. The van der Waals surface area contributed by atoms with Gasteiger partial charge in [0, 0.05) is 19.3 Å².